The molecule has 1 aromatic heterocycles. The van der Waals surface area contributed by atoms with Crippen LogP contribution in [-0.4, -0.2) is 34.9 Å². The summed E-state index contributed by atoms with van der Waals surface area (Å²) in [5, 5.41) is 3.02. The standard InChI is InChI=1S/C20H25N3O2/c1-15-8-3-4-10-18(15)25-20-17(9-7-11-21-20)14-22-19(24)16(2)23-12-5-6-13-23/h3-4,7-11,16H,5-6,12-14H2,1-2H3,(H,22,24)/t16-/m1/s1. The number of ether oxygens (including phenoxy) is 1. The van der Waals surface area contributed by atoms with E-state index < -0.39 is 0 Å². The molecule has 5 heteroatoms. The molecular weight excluding hydrogens is 314 g/mol. The van der Waals surface area contributed by atoms with Crippen LogP contribution in [0.15, 0.2) is 42.6 Å². The van der Waals surface area contributed by atoms with Gasteiger partial charge in [0.05, 0.1) is 6.04 Å². The van der Waals surface area contributed by atoms with Gasteiger partial charge in [0.2, 0.25) is 11.8 Å². The number of benzene rings is 1. The first-order chi connectivity index (χ1) is 12.1. The maximum absolute atomic E-state index is 12.4. The fourth-order valence-corrected chi connectivity index (χ4v) is 3.05. The summed E-state index contributed by atoms with van der Waals surface area (Å²) in [6, 6.07) is 11.5. The van der Waals surface area contributed by atoms with E-state index in [0.717, 1.165) is 30.0 Å². The van der Waals surface area contributed by atoms with E-state index in [1.54, 1.807) is 6.20 Å². The van der Waals surface area contributed by atoms with E-state index in [0.29, 0.717) is 12.4 Å². The van der Waals surface area contributed by atoms with E-state index in [1.807, 2.05) is 50.2 Å². The molecule has 1 aliphatic rings. The van der Waals surface area contributed by atoms with Crippen molar-refractivity contribution in [1.29, 1.82) is 0 Å². The summed E-state index contributed by atoms with van der Waals surface area (Å²) in [5.41, 5.74) is 1.92. The van der Waals surface area contributed by atoms with E-state index in [2.05, 4.69) is 15.2 Å². The molecule has 132 valence electrons. The highest BCUT2D eigenvalue weighted by Gasteiger charge is 2.23. The summed E-state index contributed by atoms with van der Waals surface area (Å²) in [6.07, 6.45) is 4.05. The van der Waals surface area contributed by atoms with Crippen LogP contribution in [0.3, 0.4) is 0 Å². The third-order valence-electron chi connectivity index (χ3n) is 4.67. The van der Waals surface area contributed by atoms with Gasteiger partial charge in [-0.15, -0.1) is 0 Å². The van der Waals surface area contributed by atoms with Gasteiger partial charge in [-0.25, -0.2) is 4.98 Å². The Labute approximate surface area is 149 Å². The lowest BCUT2D eigenvalue weighted by molar-refractivity contribution is -0.125. The summed E-state index contributed by atoms with van der Waals surface area (Å²) in [6.45, 7) is 6.38. The maximum atomic E-state index is 12.4. The quantitative estimate of drug-likeness (QED) is 0.877. The van der Waals surface area contributed by atoms with Gasteiger partial charge in [-0.2, -0.15) is 0 Å². The highest BCUT2D eigenvalue weighted by molar-refractivity contribution is 5.81. The number of hydrogen-bond donors (Lipinski definition) is 1. The van der Waals surface area contributed by atoms with E-state index >= 15 is 0 Å². The predicted octanol–water partition coefficient (Wildman–Crippen LogP) is 3.28. The van der Waals surface area contributed by atoms with Crippen molar-refractivity contribution in [3.8, 4) is 11.6 Å². The largest absolute Gasteiger partial charge is 0.438 e. The topological polar surface area (TPSA) is 54.5 Å². The monoisotopic (exact) mass is 339 g/mol. The molecule has 3 rings (SSSR count). The Morgan fingerprint density at radius 2 is 2.00 bits per heavy atom. The summed E-state index contributed by atoms with van der Waals surface area (Å²) in [5.74, 6) is 1.36. The molecule has 5 nitrogen and oxygen atoms in total. The third-order valence-corrected chi connectivity index (χ3v) is 4.67. The molecule has 0 saturated carbocycles. The van der Waals surface area contributed by atoms with Crippen LogP contribution in [0.1, 0.15) is 30.9 Å². The second-order valence-electron chi connectivity index (χ2n) is 6.47. The lowest BCUT2D eigenvalue weighted by Crippen LogP contribution is -2.43. The molecule has 0 spiro atoms. The molecule has 1 fully saturated rings. The Kier molecular flexibility index (Phi) is 5.66. The lowest BCUT2D eigenvalue weighted by Gasteiger charge is -2.22. The molecule has 1 atom stereocenters. The molecule has 2 aromatic rings. The minimum absolute atomic E-state index is 0.0487. The van der Waals surface area contributed by atoms with Crippen LogP contribution in [0.25, 0.3) is 0 Å². The van der Waals surface area contributed by atoms with Crippen molar-refractivity contribution in [3.63, 3.8) is 0 Å². The number of amides is 1. The van der Waals surface area contributed by atoms with Crippen molar-refractivity contribution < 1.29 is 9.53 Å². The zero-order chi connectivity index (χ0) is 17.6. The first-order valence-corrected chi connectivity index (χ1v) is 8.84. The van der Waals surface area contributed by atoms with Gasteiger partial charge in [0, 0.05) is 18.3 Å². The molecular formula is C20H25N3O2. The lowest BCUT2D eigenvalue weighted by atomic mass is 10.2. The molecule has 0 radical (unpaired) electrons. The second-order valence-corrected chi connectivity index (χ2v) is 6.47. The van der Waals surface area contributed by atoms with Crippen molar-refractivity contribution in [1.82, 2.24) is 15.2 Å². The van der Waals surface area contributed by atoms with Gasteiger partial charge >= 0.3 is 0 Å². The molecule has 1 aliphatic heterocycles. The smallest absolute Gasteiger partial charge is 0.237 e. The first kappa shape index (κ1) is 17.4. The van der Waals surface area contributed by atoms with Crippen LogP contribution in [0.4, 0.5) is 0 Å². The Hall–Kier alpha value is -2.40. The number of likely N-dealkylation sites (tertiary alicyclic amines) is 1. The van der Waals surface area contributed by atoms with Gasteiger partial charge < -0.3 is 10.1 Å². The molecule has 2 heterocycles. The third kappa shape index (κ3) is 4.37. The number of hydrogen-bond acceptors (Lipinski definition) is 4. The Morgan fingerprint density at radius 1 is 1.24 bits per heavy atom. The summed E-state index contributed by atoms with van der Waals surface area (Å²) < 4.78 is 5.96. The molecule has 25 heavy (non-hydrogen) atoms. The zero-order valence-electron chi connectivity index (χ0n) is 14.9. The average Bonchev–Trinajstić information content (AvgIpc) is 3.16. The van der Waals surface area contributed by atoms with Crippen LogP contribution in [0, 0.1) is 6.92 Å². The SMILES string of the molecule is Cc1ccccc1Oc1ncccc1CNC(=O)[C@@H](C)N1CCCC1. The zero-order valence-corrected chi connectivity index (χ0v) is 14.9. The molecule has 1 aromatic carbocycles. The van der Waals surface area contributed by atoms with Crippen LogP contribution < -0.4 is 10.1 Å². The van der Waals surface area contributed by atoms with Gasteiger partial charge in [-0.05, 0) is 57.5 Å². The highest BCUT2D eigenvalue weighted by Crippen LogP contribution is 2.25. The van der Waals surface area contributed by atoms with E-state index in [-0.39, 0.29) is 11.9 Å². The summed E-state index contributed by atoms with van der Waals surface area (Å²) in [7, 11) is 0. The van der Waals surface area contributed by atoms with Crippen molar-refractivity contribution in [2.24, 2.45) is 0 Å². The minimum Gasteiger partial charge on any atom is -0.438 e. The first-order valence-electron chi connectivity index (χ1n) is 8.84. The van der Waals surface area contributed by atoms with Gasteiger partial charge in [0.25, 0.3) is 0 Å². The van der Waals surface area contributed by atoms with Gasteiger partial charge in [-0.3, -0.25) is 9.69 Å². The number of nitrogens with zero attached hydrogens (tertiary/aromatic N) is 2. The van der Waals surface area contributed by atoms with Crippen molar-refractivity contribution in [2.45, 2.75) is 39.3 Å². The van der Waals surface area contributed by atoms with E-state index in [9.17, 15) is 4.79 Å². The highest BCUT2D eigenvalue weighted by atomic mass is 16.5. The van der Waals surface area contributed by atoms with E-state index in [4.69, 9.17) is 4.74 Å². The van der Waals surface area contributed by atoms with Crippen molar-refractivity contribution in [3.05, 3.63) is 53.7 Å². The number of nitrogens with one attached hydrogen (secondary N) is 1. The molecule has 1 N–H and O–H groups in total. The average molecular weight is 339 g/mol. The van der Waals surface area contributed by atoms with E-state index in [1.165, 1.54) is 12.8 Å². The molecule has 1 saturated heterocycles. The molecule has 0 unspecified atom stereocenters. The number of carbonyl (C=O) groups excluding carboxylic acids is 1. The van der Waals surface area contributed by atoms with Gasteiger partial charge in [0.15, 0.2) is 0 Å². The fraction of sp³-hybridized carbons (Fsp3) is 0.400. The van der Waals surface area contributed by atoms with Gasteiger partial charge in [-0.1, -0.05) is 24.3 Å². The number of carbonyl (C=O) groups is 1. The fourth-order valence-electron chi connectivity index (χ4n) is 3.05. The summed E-state index contributed by atoms with van der Waals surface area (Å²) >= 11 is 0. The number of aromatic nitrogens is 1. The maximum Gasteiger partial charge on any atom is 0.237 e. The Bertz CT molecular complexity index is 726. The number of para-hydroxylation sites is 1. The second kappa shape index (κ2) is 8.12. The molecule has 0 aliphatic carbocycles. The normalized spacial score (nSPS) is 15.8. The van der Waals surface area contributed by atoms with Crippen LogP contribution in [0.5, 0.6) is 11.6 Å². The minimum atomic E-state index is -0.0973. The van der Waals surface area contributed by atoms with Crippen LogP contribution in [0.2, 0.25) is 0 Å². The molecule has 0 bridgehead atoms. The van der Waals surface area contributed by atoms with Crippen molar-refractivity contribution >= 4 is 5.91 Å². The van der Waals surface area contributed by atoms with Gasteiger partial charge in [0.1, 0.15) is 5.75 Å². The number of pyridine rings is 1. The van der Waals surface area contributed by atoms with Crippen LogP contribution in [-0.2, 0) is 11.3 Å². The Balaban J connectivity index is 1.65. The number of rotatable bonds is 6. The predicted molar refractivity (Wildman–Crippen MR) is 97.6 cm³/mol. The summed E-state index contributed by atoms with van der Waals surface area (Å²) in [4.78, 5) is 19.0. The van der Waals surface area contributed by atoms with Crippen LogP contribution >= 0.6 is 0 Å². The molecule has 1 amide bonds. The number of aryl methyl sites for hydroxylation is 1. The van der Waals surface area contributed by atoms with Crippen molar-refractivity contribution in [2.75, 3.05) is 13.1 Å². The Morgan fingerprint density at radius 3 is 2.76 bits per heavy atom.